The highest BCUT2D eigenvalue weighted by Gasteiger charge is 2.42. The van der Waals surface area contributed by atoms with Gasteiger partial charge in [-0.25, -0.2) is 0 Å². The van der Waals surface area contributed by atoms with Crippen LogP contribution in [0.2, 0.25) is 0 Å². The van der Waals surface area contributed by atoms with Crippen molar-refractivity contribution >= 4 is 27.7 Å². The predicted octanol–water partition coefficient (Wildman–Crippen LogP) is 2.63. The lowest BCUT2D eigenvalue weighted by atomic mass is 9.84. The summed E-state index contributed by atoms with van der Waals surface area (Å²) < 4.78 is 0.102. The highest BCUT2D eigenvalue weighted by Crippen LogP contribution is 2.49. The fraction of sp³-hybridized carbons (Fsp3) is 0.692. The van der Waals surface area contributed by atoms with E-state index in [4.69, 9.17) is 0 Å². The molecule has 0 aliphatic heterocycles. The molecule has 1 amide bonds. The summed E-state index contributed by atoms with van der Waals surface area (Å²) >= 11 is 3.06. The molecular formula is C13H17BrN4O3. The van der Waals surface area contributed by atoms with Crippen LogP contribution in [0.1, 0.15) is 43.1 Å². The molecule has 2 saturated carbocycles. The quantitative estimate of drug-likeness (QED) is 0.639. The second-order valence-electron chi connectivity index (χ2n) is 6.09. The van der Waals surface area contributed by atoms with E-state index in [-0.39, 0.29) is 27.9 Å². The average molecular weight is 357 g/mol. The number of aromatic amines is 1. The third-order valence-corrected chi connectivity index (χ3v) is 5.63. The molecule has 2 aliphatic rings. The van der Waals surface area contributed by atoms with E-state index in [1.165, 1.54) is 25.7 Å². The Hall–Kier alpha value is -1.44. The Labute approximate surface area is 130 Å². The molecule has 0 radical (unpaired) electrons. The van der Waals surface area contributed by atoms with Crippen LogP contribution in [0.4, 0.5) is 5.82 Å². The fourth-order valence-electron chi connectivity index (χ4n) is 3.88. The fourth-order valence-corrected chi connectivity index (χ4v) is 4.38. The van der Waals surface area contributed by atoms with Crippen molar-refractivity contribution in [2.24, 2.45) is 17.8 Å². The second kappa shape index (κ2) is 5.40. The minimum atomic E-state index is -0.604. The molecule has 0 spiro atoms. The van der Waals surface area contributed by atoms with Crippen LogP contribution in [0.25, 0.3) is 0 Å². The summed E-state index contributed by atoms with van der Waals surface area (Å²) in [6.07, 6.45) is 5.03. The maximum Gasteiger partial charge on any atom is 0.357 e. The van der Waals surface area contributed by atoms with E-state index < -0.39 is 4.92 Å². The van der Waals surface area contributed by atoms with Gasteiger partial charge >= 0.3 is 5.82 Å². The van der Waals surface area contributed by atoms with Gasteiger partial charge in [-0.05, 0) is 64.8 Å². The number of nitrogens with zero attached hydrogens (tertiary/aromatic N) is 2. The maximum atomic E-state index is 12.2. The zero-order valence-corrected chi connectivity index (χ0v) is 13.2. The van der Waals surface area contributed by atoms with E-state index in [1.54, 1.807) is 0 Å². The summed E-state index contributed by atoms with van der Waals surface area (Å²) in [6.45, 7) is 2.01. The summed E-state index contributed by atoms with van der Waals surface area (Å²) in [5.74, 6) is 1.37. The minimum absolute atomic E-state index is 0.0386. The molecule has 2 aliphatic carbocycles. The van der Waals surface area contributed by atoms with E-state index >= 15 is 0 Å². The van der Waals surface area contributed by atoms with E-state index in [0.717, 1.165) is 5.92 Å². The first-order valence-corrected chi connectivity index (χ1v) is 7.95. The number of hydrogen-bond acceptors (Lipinski definition) is 4. The molecule has 1 aromatic heterocycles. The van der Waals surface area contributed by atoms with Crippen molar-refractivity contribution in [2.75, 3.05) is 0 Å². The molecule has 114 valence electrons. The Bertz CT molecular complexity index is 588. The van der Waals surface area contributed by atoms with Crippen LogP contribution in [0.15, 0.2) is 4.47 Å². The van der Waals surface area contributed by atoms with Crippen LogP contribution in [0, 0.1) is 27.9 Å². The summed E-state index contributed by atoms with van der Waals surface area (Å²) in [6, 6.07) is 0.0652. The van der Waals surface area contributed by atoms with Gasteiger partial charge in [0.05, 0.1) is 0 Å². The van der Waals surface area contributed by atoms with Crippen LogP contribution < -0.4 is 5.32 Å². The van der Waals surface area contributed by atoms with E-state index in [0.29, 0.717) is 11.8 Å². The van der Waals surface area contributed by atoms with Gasteiger partial charge in [0.2, 0.25) is 0 Å². The molecule has 0 unspecified atom stereocenters. The average Bonchev–Trinajstić information content (AvgIpc) is 3.12. The lowest BCUT2D eigenvalue weighted by Crippen LogP contribution is -2.40. The zero-order valence-electron chi connectivity index (χ0n) is 11.6. The summed E-state index contributed by atoms with van der Waals surface area (Å²) in [4.78, 5) is 22.4. The zero-order chi connectivity index (χ0) is 15.1. The van der Waals surface area contributed by atoms with Gasteiger partial charge in [0, 0.05) is 6.04 Å². The normalized spacial score (nSPS) is 28.6. The lowest BCUT2D eigenvalue weighted by molar-refractivity contribution is -0.390. The number of halogens is 1. The Morgan fingerprint density at radius 1 is 1.52 bits per heavy atom. The first kappa shape index (κ1) is 14.5. The minimum Gasteiger partial charge on any atom is -0.358 e. The van der Waals surface area contributed by atoms with Crippen molar-refractivity contribution < 1.29 is 9.72 Å². The standard InChI is InChI=1S/C13H17BrN4O3/c1-6(9-5-7-2-3-8(9)4-7)15-13(19)11-10(14)12(17-16-11)18(20)21/h6-9H,2-5H2,1H3,(H,15,19)(H,16,17)/t6-,7+,8+,9-/m1/s1. The number of carbonyl (C=O) groups is 1. The Morgan fingerprint density at radius 3 is 2.81 bits per heavy atom. The van der Waals surface area contributed by atoms with E-state index in [1.807, 2.05) is 6.92 Å². The molecule has 1 heterocycles. The summed E-state index contributed by atoms with van der Waals surface area (Å²) in [5, 5.41) is 19.7. The number of rotatable bonds is 4. The monoisotopic (exact) mass is 356 g/mol. The van der Waals surface area contributed by atoms with E-state index in [2.05, 4.69) is 31.4 Å². The van der Waals surface area contributed by atoms with Crippen LogP contribution in [-0.4, -0.2) is 27.1 Å². The van der Waals surface area contributed by atoms with E-state index in [9.17, 15) is 14.9 Å². The van der Waals surface area contributed by atoms with Gasteiger partial charge in [0.25, 0.3) is 5.91 Å². The van der Waals surface area contributed by atoms with Crippen molar-refractivity contribution in [3.8, 4) is 0 Å². The molecule has 8 heteroatoms. The van der Waals surface area contributed by atoms with Crippen molar-refractivity contribution in [1.82, 2.24) is 15.5 Å². The summed E-state index contributed by atoms with van der Waals surface area (Å²) in [7, 11) is 0. The molecule has 4 atom stereocenters. The highest BCUT2D eigenvalue weighted by molar-refractivity contribution is 9.10. The smallest absolute Gasteiger partial charge is 0.357 e. The number of nitrogens with one attached hydrogen (secondary N) is 2. The van der Waals surface area contributed by atoms with Crippen molar-refractivity contribution in [3.05, 3.63) is 20.3 Å². The molecule has 2 N–H and O–H groups in total. The number of aromatic nitrogens is 2. The van der Waals surface area contributed by atoms with Gasteiger partial charge < -0.3 is 15.4 Å². The molecular weight excluding hydrogens is 340 g/mol. The molecule has 0 saturated heterocycles. The molecule has 21 heavy (non-hydrogen) atoms. The maximum absolute atomic E-state index is 12.2. The SMILES string of the molecule is C[C@@H](NC(=O)c1n[nH]c([N+](=O)[O-])c1Br)[C@H]1C[C@H]2CC[C@H]1C2. The largest absolute Gasteiger partial charge is 0.358 e. The molecule has 2 fully saturated rings. The third-order valence-electron chi connectivity index (χ3n) is 4.88. The Morgan fingerprint density at radius 2 is 2.29 bits per heavy atom. The van der Waals surface area contributed by atoms with Crippen LogP contribution in [-0.2, 0) is 0 Å². The van der Waals surface area contributed by atoms with Gasteiger partial charge in [-0.1, -0.05) is 11.5 Å². The lowest BCUT2D eigenvalue weighted by Gasteiger charge is -2.28. The first-order chi connectivity index (χ1) is 9.97. The third kappa shape index (κ3) is 2.56. The molecule has 1 aromatic rings. The number of H-pyrrole nitrogens is 1. The van der Waals surface area contributed by atoms with Crippen LogP contribution in [0.5, 0.6) is 0 Å². The topological polar surface area (TPSA) is 101 Å². The second-order valence-corrected chi connectivity index (χ2v) is 6.89. The molecule has 0 aromatic carbocycles. The van der Waals surface area contributed by atoms with Gasteiger partial charge in [-0.15, -0.1) is 5.10 Å². The summed E-state index contributed by atoms with van der Waals surface area (Å²) in [5.41, 5.74) is 0.0386. The first-order valence-electron chi connectivity index (χ1n) is 7.16. The highest BCUT2D eigenvalue weighted by atomic mass is 79.9. The Balaban J connectivity index is 1.67. The van der Waals surface area contributed by atoms with Gasteiger partial charge in [-0.2, -0.15) is 0 Å². The van der Waals surface area contributed by atoms with Gasteiger partial charge in [0.15, 0.2) is 5.69 Å². The van der Waals surface area contributed by atoms with Gasteiger partial charge in [0.1, 0.15) is 4.47 Å². The predicted molar refractivity (Wildman–Crippen MR) is 78.8 cm³/mol. The molecule has 3 rings (SSSR count). The van der Waals surface area contributed by atoms with Crippen molar-refractivity contribution in [2.45, 2.75) is 38.6 Å². The number of carbonyl (C=O) groups excluding carboxylic acids is 1. The molecule has 7 nitrogen and oxygen atoms in total. The number of fused-ring (bicyclic) bond motifs is 2. The number of hydrogen-bond donors (Lipinski definition) is 2. The van der Waals surface area contributed by atoms with Crippen molar-refractivity contribution in [3.63, 3.8) is 0 Å². The van der Waals surface area contributed by atoms with Crippen LogP contribution in [0.3, 0.4) is 0 Å². The van der Waals surface area contributed by atoms with Crippen molar-refractivity contribution in [1.29, 1.82) is 0 Å². The molecule has 2 bridgehead atoms. The number of amides is 1. The van der Waals surface area contributed by atoms with Gasteiger partial charge in [-0.3, -0.25) is 4.79 Å². The Kier molecular flexibility index (Phi) is 3.73. The number of nitro groups is 1. The van der Waals surface area contributed by atoms with Crippen LogP contribution >= 0.6 is 15.9 Å².